The molecule has 4 aromatic rings. The van der Waals surface area contributed by atoms with Crippen LogP contribution in [0.4, 0.5) is 10.1 Å². The Morgan fingerprint density at radius 2 is 1.94 bits per heavy atom. The van der Waals surface area contributed by atoms with Crippen LogP contribution < -0.4 is 10.2 Å². The lowest BCUT2D eigenvalue weighted by Gasteiger charge is -2.37. The molecule has 0 saturated carbocycles. The molecule has 34 heavy (non-hydrogen) atoms. The van der Waals surface area contributed by atoms with Gasteiger partial charge in [0.2, 0.25) is 5.82 Å². The highest BCUT2D eigenvalue weighted by Crippen LogP contribution is 2.39. The van der Waals surface area contributed by atoms with Crippen molar-refractivity contribution in [2.24, 2.45) is 0 Å². The van der Waals surface area contributed by atoms with Crippen LogP contribution in [0.15, 0.2) is 70.2 Å². The zero-order valence-corrected chi connectivity index (χ0v) is 20.6. The van der Waals surface area contributed by atoms with E-state index in [-0.39, 0.29) is 11.9 Å². The van der Waals surface area contributed by atoms with Crippen molar-refractivity contribution in [3.63, 3.8) is 0 Å². The topological polar surface area (TPSA) is 54.2 Å². The number of allylic oxidation sites excluding steroid dienone is 1. The maximum atomic E-state index is 14.0. The minimum absolute atomic E-state index is 0.257. The van der Waals surface area contributed by atoms with E-state index in [1.165, 1.54) is 11.6 Å². The van der Waals surface area contributed by atoms with Crippen molar-refractivity contribution in [3.8, 4) is 10.7 Å². The van der Waals surface area contributed by atoms with Gasteiger partial charge in [0.25, 0.3) is 5.89 Å². The number of aryl methyl sites for hydroxylation is 2. The number of aromatic nitrogens is 2. The predicted octanol–water partition coefficient (Wildman–Crippen LogP) is 6.68. The van der Waals surface area contributed by atoms with Crippen molar-refractivity contribution in [2.45, 2.75) is 33.2 Å². The quantitative estimate of drug-likeness (QED) is 0.315. The number of halogens is 1. The van der Waals surface area contributed by atoms with Crippen molar-refractivity contribution >= 4 is 39.9 Å². The smallest absolute Gasteiger partial charge is 0.258 e. The van der Waals surface area contributed by atoms with E-state index in [2.05, 4.69) is 41.7 Å². The Labute approximate surface area is 206 Å². The molecule has 0 bridgehead atoms. The first-order valence-corrected chi connectivity index (χ1v) is 12.3. The fourth-order valence-electron chi connectivity index (χ4n) is 4.13. The van der Waals surface area contributed by atoms with Gasteiger partial charge < -0.3 is 9.84 Å². The van der Waals surface area contributed by atoms with Gasteiger partial charge in [-0.25, -0.2) is 4.39 Å². The van der Waals surface area contributed by atoms with Gasteiger partial charge in [-0.15, -0.1) is 11.3 Å². The van der Waals surface area contributed by atoms with E-state index in [0.717, 1.165) is 33.8 Å². The number of nitrogens with one attached hydrogen (secondary N) is 1. The molecule has 0 spiro atoms. The third-order valence-corrected chi connectivity index (χ3v) is 7.17. The van der Waals surface area contributed by atoms with Gasteiger partial charge >= 0.3 is 0 Å². The van der Waals surface area contributed by atoms with Crippen LogP contribution >= 0.6 is 23.6 Å². The fraction of sp³-hybridized carbons (Fsp3) is 0.192. The zero-order chi connectivity index (χ0) is 23.8. The van der Waals surface area contributed by atoms with Gasteiger partial charge in [0.05, 0.1) is 16.5 Å². The van der Waals surface area contributed by atoms with E-state index < -0.39 is 0 Å². The summed E-state index contributed by atoms with van der Waals surface area (Å²) in [5.74, 6) is 0.708. The van der Waals surface area contributed by atoms with Crippen LogP contribution in [0.2, 0.25) is 0 Å². The maximum Gasteiger partial charge on any atom is 0.258 e. The second-order valence-corrected chi connectivity index (χ2v) is 9.48. The lowest BCUT2D eigenvalue weighted by Crippen LogP contribution is -2.46. The van der Waals surface area contributed by atoms with Gasteiger partial charge in [0.1, 0.15) is 5.82 Å². The number of thiophene rings is 1. The standard InChI is InChI=1S/C26H23FN4OS2/c1-4-17-7-9-18(10-8-17)23-22(25-29-24(30-32-25)21-6-5-13-34-21)16(3)31(26(33)28-23)19-11-12-20(27)15(2)14-19/h5-14,23H,4H2,1-3H3,(H,28,33). The lowest BCUT2D eigenvalue weighted by atomic mass is 9.93. The molecular formula is C26H23FN4OS2. The Morgan fingerprint density at radius 3 is 2.62 bits per heavy atom. The van der Waals surface area contributed by atoms with Crippen LogP contribution in [0.5, 0.6) is 0 Å². The molecule has 1 aliphatic rings. The van der Waals surface area contributed by atoms with Crippen LogP contribution in [0.25, 0.3) is 16.3 Å². The third kappa shape index (κ3) is 4.03. The molecule has 1 atom stereocenters. The van der Waals surface area contributed by atoms with E-state index in [1.54, 1.807) is 30.4 Å². The van der Waals surface area contributed by atoms with Crippen molar-refractivity contribution in [2.75, 3.05) is 4.90 Å². The lowest BCUT2D eigenvalue weighted by molar-refractivity contribution is 0.404. The predicted molar refractivity (Wildman–Crippen MR) is 138 cm³/mol. The minimum atomic E-state index is -0.271. The SMILES string of the molecule is CCc1ccc(C2NC(=S)N(c3ccc(F)c(C)c3)C(C)=C2c2nc(-c3cccs3)no2)cc1. The summed E-state index contributed by atoms with van der Waals surface area (Å²) in [5.41, 5.74) is 5.29. The first kappa shape index (κ1) is 22.4. The Morgan fingerprint density at radius 1 is 1.15 bits per heavy atom. The molecule has 172 valence electrons. The maximum absolute atomic E-state index is 14.0. The molecule has 0 aliphatic carbocycles. The third-order valence-electron chi connectivity index (χ3n) is 6.00. The average Bonchev–Trinajstić information content (AvgIpc) is 3.53. The minimum Gasteiger partial charge on any atom is -0.351 e. The van der Waals surface area contributed by atoms with Gasteiger partial charge in [-0.1, -0.05) is 42.4 Å². The molecule has 1 aliphatic heterocycles. The van der Waals surface area contributed by atoms with Crippen LogP contribution in [0.1, 0.15) is 42.5 Å². The monoisotopic (exact) mass is 490 g/mol. The number of benzene rings is 2. The van der Waals surface area contributed by atoms with E-state index in [0.29, 0.717) is 22.4 Å². The largest absolute Gasteiger partial charge is 0.351 e. The highest BCUT2D eigenvalue weighted by Gasteiger charge is 2.35. The van der Waals surface area contributed by atoms with Crippen molar-refractivity contribution in [3.05, 3.63) is 94.1 Å². The molecular weight excluding hydrogens is 467 g/mol. The summed E-state index contributed by atoms with van der Waals surface area (Å²) in [5, 5.41) is 10.2. The Kier molecular flexibility index (Phi) is 6.02. The van der Waals surface area contributed by atoms with Crippen molar-refractivity contribution in [1.29, 1.82) is 0 Å². The second kappa shape index (κ2) is 9.12. The van der Waals surface area contributed by atoms with E-state index in [4.69, 9.17) is 21.7 Å². The number of anilines is 1. The Balaban J connectivity index is 1.65. The molecule has 1 N–H and O–H groups in total. The first-order chi connectivity index (χ1) is 16.5. The summed E-state index contributed by atoms with van der Waals surface area (Å²) >= 11 is 7.34. The molecule has 0 amide bonds. The van der Waals surface area contributed by atoms with Gasteiger partial charge in [-0.2, -0.15) is 4.98 Å². The molecule has 0 saturated heterocycles. The van der Waals surface area contributed by atoms with Crippen LogP contribution in [0, 0.1) is 12.7 Å². The van der Waals surface area contributed by atoms with E-state index in [1.807, 2.05) is 29.3 Å². The molecule has 2 aromatic carbocycles. The molecule has 5 nitrogen and oxygen atoms in total. The van der Waals surface area contributed by atoms with Crippen molar-refractivity contribution in [1.82, 2.24) is 15.5 Å². The molecule has 8 heteroatoms. The van der Waals surface area contributed by atoms with E-state index >= 15 is 0 Å². The molecule has 3 heterocycles. The molecule has 5 rings (SSSR count). The first-order valence-electron chi connectivity index (χ1n) is 11.0. The van der Waals surface area contributed by atoms with Gasteiger partial charge in [-0.3, -0.25) is 4.90 Å². The number of hydrogen-bond donors (Lipinski definition) is 1. The van der Waals surface area contributed by atoms with Gasteiger partial charge in [0.15, 0.2) is 5.11 Å². The highest BCUT2D eigenvalue weighted by molar-refractivity contribution is 7.80. The summed E-state index contributed by atoms with van der Waals surface area (Å²) in [7, 11) is 0. The van der Waals surface area contributed by atoms with E-state index in [9.17, 15) is 4.39 Å². The highest BCUT2D eigenvalue weighted by atomic mass is 32.1. The van der Waals surface area contributed by atoms with Crippen LogP contribution in [0.3, 0.4) is 0 Å². The number of hydrogen-bond acceptors (Lipinski definition) is 5. The summed E-state index contributed by atoms with van der Waals surface area (Å²) < 4.78 is 19.7. The number of nitrogens with zero attached hydrogens (tertiary/aromatic N) is 3. The average molecular weight is 491 g/mol. The van der Waals surface area contributed by atoms with Crippen LogP contribution in [-0.4, -0.2) is 15.3 Å². The van der Waals surface area contributed by atoms with Crippen LogP contribution in [-0.2, 0) is 6.42 Å². The Hall–Kier alpha value is -3.36. The summed E-state index contributed by atoms with van der Waals surface area (Å²) in [6.45, 7) is 5.85. The normalized spacial score (nSPS) is 16.2. The summed E-state index contributed by atoms with van der Waals surface area (Å²) in [6, 6.07) is 17.0. The number of thiocarbonyl (C=S) groups is 1. The summed E-state index contributed by atoms with van der Waals surface area (Å²) in [6.07, 6.45) is 0.962. The molecule has 0 radical (unpaired) electrons. The molecule has 2 aromatic heterocycles. The number of rotatable bonds is 5. The molecule has 1 unspecified atom stereocenters. The fourth-order valence-corrected chi connectivity index (χ4v) is 5.14. The Bertz CT molecular complexity index is 1380. The van der Waals surface area contributed by atoms with Crippen molar-refractivity contribution < 1.29 is 8.91 Å². The second-order valence-electron chi connectivity index (χ2n) is 8.15. The molecule has 0 fully saturated rings. The zero-order valence-electron chi connectivity index (χ0n) is 19.0. The van der Waals surface area contributed by atoms with Gasteiger partial charge in [0, 0.05) is 11.4 Å². The summed E-state index contributed by atoms with van der Waals surface area (Å²) in [4.78, 5) is 7.55. The van der Waals surface area contributed by atoms with Gasteiger partial charge in [-0.05, 0) is 78.8 Å².